The van der Waals surface area contributed by atoms with Crippen molar-refractivity contribution in [1.29, 1.82) is 0 Å². The van der Waals surface area contributed by atoms with Gasteiger partial charge in [0.1, 0.15) is 11.6 Å². The standard InChI is InChI=1S/C14H20F2N2O2/c1-3-14(4-2,8-19)7-18-12-5-9(13(17)20)10(15)6-11(12)16/h5-6,18-19H,3-4,7-8H2,1-2H3,(H2,17,20). The topological polar surface area (TPSA) is 75.3 Å². The Bertz CT molecular complexity index is 480. The Labute approximate surface area is 117 Å². The van der Waals surface area contributed by atoms with Crippen LogP contribution in [-0.2, 0) is 0 Å². The average Bonchev–Trinajstić information content (AvgIpc) is 2.42. The lowest BCUT2D eigenvalue weighted by Gasteiger charge is -2.30. The molecule has 112 valence electrons. The molecule has 0 radical (unpaired) electrons. The number of aliphatic hydroxyl groups is 1. The van der Waals surface area contributed by atoms with Gasteiger partial charge in [-0.25, -0.2) is 8.78 Å². The zero-order chi connectivity index (χ0) is 15.3. The van der Waals surface area contributed by atoms with Crippen LogP contribution in [0.25, 0.3) is 0 Å². The number of rotatable bonds is 7. The Morgan fingerprint density at radius 1 is 1.30 bits per heavy atom. The summed E-state index contributed by atoms with van der Waals surface area (Å²) in [4.78, 5) is 11.0. The lowest BCUT2D eigenvalue weighted by molar-refractivity contribution is 0.0996. The molecule has 1 rings (SSSR count). The predicted molar refractivity (Wildman–Crippen MR) is 73.5 cm³/mol. The maximum absolute atomic E-state index is 13.7. The molecule has 4 nitrogen and oxygen atoms in total. The average molecular weight is 286 g/mol. The molecule has 0 saturated carbocycles. The molecule has 1 aromatic carbocycles. The molecule has 0 aromatic heterocycles. The summed E-state index contributed by atoms with van der Waals surface area (Å²) in [6.07, 6.45) is 1.41. The van der Waals surface area contributed by atoms with Crippen LogP contribution >= 0.6 is 0 Å². The Hall–Kier alpha value is -1.69. The number of anilines is 1. The van der Waals surface area contributed by atoms with E-state index in [0.29, 0.717) is 25.5 Å². The summed E-state index contributed by atoms with van der Waals surface area (Å²) in [5, 5.41) is 12.3. The van der Waals surface area contributed by atoms with E-state index in [-0.39, 0.29) is 23.3 Å². The Kier molecular flexibility index (Phi) is 5.44. The van der Waals surface area contributed by atoms with Gasteiger partial charge in [-0.2, -0.15) is 0 Å². The van der Waals surface area contributed by atoms with Crippen molar-refractivity contribution in [3.05, 3.63) is 29.3 Å². The highest BCUT2D eigenvalue weighted by atomic mass is 19.1. The minimum absolute atomic E-state index is 0.0000694. The zero-order valence-electron chi connectivity index (χ0n) is 11.7. The fourth-order valence-electron chi connectivity index (χ4n) is 1.94. The number of halogens is 2. The monoisotopic (exact) mass is 286 g/mol. The molecule has 0 unspecified atom stereocenters. The van der Waals surface area contributed by atoms with E-state index >= 15 is 0 Å². The van der Waals surface area contributed by atoms with Gasteiger partial charge in [0.15, 0.2) is 0 Å². The van der Waals surface area contributed by atoms with Crippen LogP contribution in [0.1, 0.15) is 37.0 Å². The van der Waals surface area contributed by atoms with Gasteiger partial charge in [0.2, 0.25) is 0 Å². The maximum Gasteiger partial charge on any atom is 0.251 e. The number of carbonyl (C=O) groups is 1. The van der Waals surface area contributed by atoms with Crippen molar-refractivity contribution >= 4 is 11.6 Å². The van der Waals surface area contributed by atoms with Crippen LogP contribution in [0.4, 0.5) is 14.5 Å². The smallest absolute Gasteiger partial charge is 0.251 e. The van der Waals surface area contributed by atoms with Crippen LogP contribution in [0, 0.1) is 17.0 Å². The molecule has 0 aliphatic carbocycles. The lowest BCUT2D eigenvalue weighted by Crippen LogP contribution is -2.32. The first kappa shape index (κ1) is 16.4. The van der Waals surface area contributed by atoms with Crippen LogP contribution in [-0.4, -0.2) is 24.2 Å². The van der Waals surface area contributed by atoms with Crippen LogP contribution in [0.5, 0.6) is 0 Å². The summed E-state index contributed by atoms with van der Waals surface area (Å²) < 4.78 is 27.0. The number of aliphatic hydroxyl groups excluding tert-OH is 1. The van der Waals surface area contributed by atoms with Crippen LogP contribution in [0.15, 0.2) is 12.1 Å². The minimum Gasteiger partial charge on any atom is -0.396 e. The van der Waals surface area contributed by atoms with Crippen molar-refractivity contribution in [3.8, 4) is 0 Å². The van der Waals surface area contributed by atoms with E-state index in [9.17, 15) is 18.7 Å². The summed E-state index contributed by atoms with van der Waals surface area (Å²) in [5.41, 5.74) is 4.28. The fourth-order valence-corrected chi connectivity index (χ4v) is 1.94. The molecular formula is C14H20F2N2O2. The first-order chi connectivity index (χ1) is 9.39. The molecule has 0 aliphatic rings. The molecule has 0 fully saturated rings. The Balaban J connectivity index is 2.98. The number of hydrogen-bond acceptors (Lipinski definition) is 3. The second-order valence-electron chi connectivity index (χ2n) is 4.89. The van der Waals surface area contributed by atoms with Gasteiger partial charge < -0.3 is 16.2 Å². The number of benzene rings is 1. The molecule has 20 heavy (non-hydrogen) atoms. The Morgan fingerprint density at radius 3 is 2.35 bits per heavy atom. The quantitative estimate of drug-likeness (QED) is 0.719. The van der Waals surface area contributed by atoms with E-state index in [1.807, 2.05) is 13.8 Å². The first-order valence-electron chi connectivity index (χ1n) is 6.52. The fraction of sp³-hybridized carbons (Fsp3) is 0.500. The van der Waals surface area contributed by atoms with Gasteiger partial charge >= 0.3 is 0 Å². The second kappa shape index (κ2) is 6.65. The molecular weight excluding hydrogens is 266 g/mol. The zero-order valence-corrected chi connectivity index (χ0v) is 11.7. The highest BCUT2D eigenvalue weighted by Gasteiger charge is 2.25. The van der Waals surface area contributed by atoms with E-state index in [4.69, 9.17) is 5.73 Å². The molecule has 1 aromatic rings. The molecule has 0 spiro atoms. The van der Waals surface area contributed by atoms with Gasteiger partial charge in [0, 0.05) is 18.0 Å². The summed E-state index contributed by atoms with van der Waals surface area (Å²) in [6, 6.07) is 1.68. The van der Waals surface area contributed by atoms with Crippen molar-refractivity contribution in [1.82, 2.24) is 0 Å². The molecule has 0 bridgehead atoms. The highest BCUT2D eigenvalue weighted by Crippen LogP contribution is 2.27. The van der Waals surface area contributed by atoms with Crippen LogP contribution in [0.3, 0.4) is 0 Å². The highest BCUT2D eigenvalue weighted by molar-refractivity contribution is 5.94. The van der Waals surface area contributed by atoms with Crippen molar-refractivity contribution < 1.29 is 18.7 Å². The summed E-state index contributed by atoms with van der Waals surface area (Å²) >= 11 is 0. The van der Waals surface area contributed by atoms with Crippen molar-refractivity contribution in [2.75, 3.05) is 18.5 Å². The largest absolute Gasteiger partial charge is 0.396 e. The number of nitrogens with one attached hydrogen (secondary N) is 1. The Morgan fingerprint density at radius 2 is 1.90 bits per heavy atom. The van der Waals surface area contributed by atoms with Crippen molar-refractivity contribution in [3.63, 3.8) is 0 Å². The van der Waals surface area contributed by atoms with Crippen LogP contribution < -0.4 is 11.1 Å². The van der Waals surface area contributed by atoms with Gasteiger partial charge in [0.05, 0.1) is 17.9 Å². The third-order valence-electron chi connectivity index (χ3n) is 3.81. The molecule has 4 N–H and O–H groups in total. The normalized spacial score (nSPS) is 11.4. The van der Waals surface area contributed by atoms with E-state index in [1.165, 1.54) is 0 Å². The van der Waals surface area contributed by atoms with E-state index in [2.05, 4.69) is 5.32 Å². The molecule has 0 atom stereocenters. The minimum atomic E-state index is -0.986. The van der Waals surface area contributed by atoms with Gasteiger partial charge in [0.25, 0.3) is 5.91 Å². The third kappa shape index (κ3) is 3.45. The summed E-state index contributed by atoms with van der Waals surface area (Å²) in [6.45, 7) is 4.13. The molecule has 6 heteroatoms. The number of hydrogen-bond donors (Lipinski definition) is 3. The predicted octanol–water partition coefficient (Wildman–Crippen LogP) is 2.27. The van der Waals surface area contributed by atoms with Crippen molar-refractivity contribution in [2.24, 2.45) is 11.1 Å². The van der Waals surface area contributed by atoms with Gasteiger partial charge in [-0.1, -0.05) is 13.8 Å². The van der Waals surface area contributed by atoms with E-state index < -0.39 is 17.5 Å². The van der Waals surface area contributed by atoms with Gasteiger partial charge in [-0.3, -0.25) is 4.79 Å². The molecule has 0 aliphatic heterocycles. The molecule has 0 saturated heterocycles. The molecule has 0 heterocycles. The second-order valence-corrected chi connectivity index (χ2v) is 4.89. The summed E-state index contributed by atoms with van der Waals surface area (Å²) in [5.74, 6) is -2.74. The number of primary amides is 1. The third-order valence-corrected chi connectivity index (χ3v) is 3.81. The molecule has 1 amide bonds. The van der Waals surface area contributed by atoms with Gasteiger partial charge in [-0.05, 0) is 18.9 Å². The number of nitrogens with two attached hydrogens (primary N) is 1. The number of amides is 1. The van der Waals surface area contributed by atoms with E-state index in [1.54, 1.807) is 0 Å². The summed E-state index contributed by atoms with van der Waals surface area (Å²) in [7, 11) is 0. The van der Waals surface area contributed by atoms with Crippen molar-refractivity contribution in [2.45, 2.75) is 26.7 Å². The van der Waals surface area contributed by atoms with Crippen LogP contribution in [0.2, 0.25) is 0 Å². The van der Waals surface area contributed by atoms with Gasteiger partial charge in [-0.15, -0.1) is 0 Å². The number of carbonyl (C=O) groups excluding carboxylic acids is 1. The lowest BCUT2D eigenvalue weighted by atomic mass is 9.83. The maximum atomic E-state index is 13.7. The van der Waals surface area contributed by atoms with E-state index in [0.717, 1.165) is 6.07 Å². The first-order valence-corrected chi connectivity index (χ1v) is 6.52. The SMILES string of the molecule is CCC(CC)(CO)CNc1cc(C(N)=O)c(F)cc1F.